The largest absolute Gasteiger partial charge is 0.326 e. The third-order valence-corrected chi connectivity index (χ3v) is 3.95. The third-order valence-electron chi connectivity index (χ3n) is 3.65. The molecule has 1 N–H and O–H groups in total. The van der Waals surface area contributed by atoms with E-state index < -0.39 is 0 Å². The zero-order chi connectivity index (χ0) is 18.0. The number of halogens is 1. The van der Waals surface area contributed by atoms with Gasteiger partial charge in [0.05, 0.1) is 10.7 Å². The summed E-state index contributed by atoms with van der Waals surface area (Å²) < 4.78 is 1.54. The fourth-order valence-electron chi connectivity index (χ4n) is 2.52. The zero-order valence-electron chi connectivity index (χ0n) is 13.8. The standard InChI is InChI=1S/C19H16ClN3O2/c1-12-4-3-5-18-22-17(11-19(25)23(12)18)16(20)10-14-6-8-15(9-7-14)21-13(2)24/h3-11H,1-2H3,(H,21,24)/b16-10-. The van der Waals surface area contributed by atoms with Crippen LogP contribution in [0.2, 0.25) is 0 Å². The molecule has 0 bridgehead atoms. The number of hydrogen-bond acceptors (Lipinski definition) is 3. The van der Waals surface area contributed by atoms with E-state index in [2.05, 4.69) is 10.3 Å². The first-order chi connectivity index (χ1) is 11.9. The Morgan fingerprint density at radius 1 is 1.20 bits per heavy atom. The van der Waals surface area contributed by atoms with Crippen LogP contribution >= 0.6 is 11.6 Å². The maximum atomic E-state index is 12.3. The summed E-state index contributed by atoms with van der Waals surface area (Å²) in [6, 6.07) is 14.1. The molecule has 6 heteroatoms. The number of nitrogens with zero attached hydrogens (tertiary/aromatic N) is 2. The Labute approximate surface area is 149 Å². The molecule has 0 radical (unpaired) electrons. The third kappa shape index (κ3) is 3.78. The van der Waals surface area contributed by atoms with Crippen LogP contribution in [0.1, 0.15) is 23.9 Å². The number of benzene rings is 1. The Kier molecular flexibility index (Phi) is 4.67. The Morgan fingerprint density at radius 3 is 2.60 bits per heavy atom. The predicted octanol–water partition coefficient (Wildman–Crippen LogP) is 3.70. The summed E-state index contributed by atoms with van der Waals surface area (Å²) in [6.45, 7) is 3.31. The van der Waals surface area contributed by atoms with Crippen LogP contribution in [-0.2, 0) is 4.79 Å². The number of nitrogens with one attached hydrogen (secondary N) is 1. The van der Waals surface area contributed by atoms with Crippen molar-refractivity contribution >= 4 is 40.0 Å². The van der Waals surface area contributed by atoms with E-state index in [1.54, 1.807) is 24.3 Å². The van der Waals surface area contributed by atoms with E-state index in [1.165, 1.54) is 17.4 Å². The topological polar surface area (TPSA) is 63.5 Å². The van der Waals surface area contributed by atoms with Gasteiger partial charge in [0.15, 0.2) is 0 Å². The molecule has 1 aromatic carbocycles. The number of pyridine rings is 1. The summed E-state index contributed by atoms with van der Waals surface area (Å²) in [5, 5.41) is 3.07. The molecule has 0 spiro atoms. The summed E-state index contributed by atoms with van der Waals surface area (Å²) in [6.07, 6.45) is 1.73. The highest BCUT2D eigenvalue weighted by Crippen LogP contribution is 2.21. The molecule has 0 saturated heterocycles. The maximum Gasteiger partial charge on any atom is 0.258 e. The van der Waals surface area contributed by atoms with Gasteiger partial charge in [-0.15, -0.1) is 0 Å². The van der Waals surface area contributed by atoms with Gasteiger partial charge >= 0.3 is 0 Å². The van der Waals surface area contributed by atoms with Crippen molar-refractivity contribution in [2.75, 3.05) is 5.32 Å². The van der Waals surface area contributed by atoms with Gasteiger partial charge in [-0.1, -0.05) is 29.8 Å². The van der Waals surface area contributed by atoms with Crippen molar-refractivity contribution < 1.29 is 4.79 Å². The summed E-state index contributed by atoms with van der Waals surface area (Å²) in [4.78, 5) is 27.8. The minimum absolute atomic E-state index is 0.127. The van der Waals surface area contributed by atoms with Crippen molar-refractivity contribution in [3.8, 4) is 0 Å². The highest BCUT2D eigenvalue weighted by Gasteiger charge is 2.07. The summed E-state index contributed by atoms with van der Waals surface area (Å²) in [7, 11) is 0. The molecule has 3 aromatic rings. The molecule has 25 heavy (non-hydrogen) atoms. The number of rotatable bonds is 3. The molecular weight excluding hydrogens is 338 g/mol. The molecule has 0 saturated carbocycles. The molecule has 5 nitrogen and oxygen atoms in total. The summed E-state index contributed by atoms with van der Waals surface area (Å²) in [5.41, 5.74) is 3.16. The fourth-order valence-corrected chi connectivity index (χ4v) is 2.75. The number of aromatic nitrogens is 2. The zero-order valence-corrected chi connectivity index (χ0v) is 14.5. The van der Waals surface area contributed by atoms with E-state index in [0.717, 1.165) is 11.3 Å². The van der Waals surface area contributed by atoms with Crippen LogP contribution in [0.25, 0.3) is 16.8 Å². The van der Waals surface area contributed by atoms with E-state index in [4.69, 9.17) is 11.6 Å². The fraction of sp³-hybridized carbons (Fsp3) is 0.105. The van der Waals surface area contributed by atoms with Crippen molar-refractivity contribution in [2.45, 2.75) is 13.8 Å². The lowest BCUT2D eigenvalue weighted by atomic mass is 10.1. The van der Waals surface area contributed by atoms with Crippen LogP contribution in [0.5, 0.6) is 0 Å². The minimum Gasteiger partial charge on any atom is -0.326 e. The molecule has 126 valence electrons. The first-order valence-corrected chi connectivity index (χ1v) is 8.06. The minimum atomic E-state index is -0.175. The lowest BCUT2D eigenvalue weighted by molar-refractivity contribution is -0.114. The van der Waals surface area contributed by atoms with Crippen molar-refractivity contribution in [3.63, 3.8) is 0 Å². The Balaban J connectivity index is 1.96. The second-order valence-corrected chi connectivity index (χ2v) is 6.04. The molecule has 0 atom stereocenters. The summed E-state index contributed by atoms with van der Waals surface area (Å²) in [5.74, 6) is -0.127. The number of amides is 1. The van der Waals surface area contributed by atoms with Crippen molar-refractivity contribution in [1.29, 1.82) is 0 Å². The number of hydrogen-bond donors (Lipinski definition) is 1. The van der Waals surface area contributed by atoms with E-state index in [9.17, 15) is 9.59 Å². The van der Waals surface area contributed by atoms with E-state index in [1.807, 2.05) is 31.2 Å². The van der Waals surface area contributed by atoms with Crippen molar-refractivity contribution in [1.82, 2.24) is 9.38 Å². The SMILES string of the molecule is CC(=O)Nc1ccc(/C=C(\Cl)c2cc(=O)n3c(C)cccc3n2)cc1. The number of carbonyl (C=O) groups excluding carboxylic acids is 1. The van der Waals surface area contributed by atoms with E-state index in [0.29, 0.717) is 22.1 Å². The normalized spacial score (nSPS) is 11.6. The molecule has 2 aromatic heterocycles. The van der Waals surface area contributed by atoms with Crippen LogP contribution < -0.4 is 10.9 Å². The van der Waals surface area contributed by atoms with Crippen LogP contribution in [0.15, 0.2) is 53.3 Å². The lowest BCUT2D eigenvalue weighted by Gasteiger charge is -2.06. The highest BCUT2D eigenvalue weighted by atomic mass is 35.5. The Hall–Kier alpha value is -2.92. The van der Waals surface area contributed by atoms with Gasteiger partial charge in [0.25, 0.3) is 5.56 Å². The quantitative estimate of drug-likeness (QED) is 0.781. The maximum absolute atomic E-state index is 12.3. The molecule has 0 fully saturated rings. The predicted molar refractivity (Wildman–Crippen MR) is 101 cm³/mol. The van der Waals surface area contributed by atoms with Crippen LogP contribution in [-0.4, -0.2) is 15.3 Å². The molecule has 0 unspecified atom stereocenters. The monoisotopic (exact) mass is 353 g/mol. The molecule has 1 amide bonds. The van der Waals surface area contributed by atoms with Gasteiger partial charge < -0.3 is 5.32 Å². The van der Waals surface area contributed by atoms with Gasteiger partial charge in [-0.25, -0.2) is 4.98 Å². The van der Waals surface area contributed by atoms with E-state index >= 15 is 0 Å². The second-order valence-electron chi connectivity index (χ2n) is 5.64. The highest BCUT2D eigenvalue weighted by molar-refractivity contribution is 6.51. The number of aryl methyl sites for hydroxylation is 1. The first-order valence-electron chi connectivity index (χ1n) is 7.69. The van der Waals surface area contributed by atoms with Crippen LogP contribution in [0.4, 0.5) is 5.69 Å². The lowest BCUT2D eigenvalue weighted by Crippen LogP contribution is -2.16. The van der Waals surface area contributed by atoms with Gasteiger partial charge in [-0.3, -0.25) is 14.0 Å². The second kappa shape index (κ2) is 6.91. The molecule has 3 rings (SSSR count). The van der Waals surface area contributed by atoms with Crippen molar-refractivity contribution in [2.24, 2.45) is 0 Å². The molecule has 2 heterocycles. The Morgan fingerprint density at radius 2 is 1.92 bits per heavy atom. The van der Waals surface area contributed by atoms with Gasteiger partial charge in [0, 0.05) is 24.4 Å². The smallest absolute Gasteiger partial charge is 0.258 e. The van der Waals surface area contributed by atoms with Gasteiger partial charge in [-0.05, 0) is 42.8 Å². The van der Waals surface area contributed by atoms with Gasteiger partial charge in [-0.2, -0.15) is 0 Å². The van der Waals surface area contributed by atoms with Gasteiger partial charge in [0.2, 0.25) is 5.91 Å². The van der Waals surface area contributed by atoms with Crippen LogP contribution in [0.3, 0.4) is 0 Å². The molecule has 0 aliphatic carbocycles. The number of fused-ring (bicyclic) bond motifs is 1. The molecule has 0 aliphatic rings. The summed E-state index contributed by atoms with van der Waals surface area (Å²) >= 11 is 6.36. The van der Waals surface area contributed by atoms with E-state index in [-0.39, 0.29) is 11.5 Å². The number of anilines is 1. The first kappa shape index (κ1) is 16.9. The average molecular weight is 354 g/mol. The van der Waals surface area contributed by atoms with Crippen LogP contribution in [0, 0.1) is 6.92 Å². The van der Waals surface area contributed by atoms with Gasteiger partial charge in [0.1, 0.15) is 5.65 Å². The Bertz CT molecular complexity index is 1040. The molecular formula is C19H16ClN3O2. The number of carbonyl (C=O) groups is 1. The average Bonchev–Trinajstić information content (AvgIpc) is 2.56. The van der Waals surface area contributed by atoms with Crippen molar-refractivity contribution in [3.05, 3.63) is 75.8 Å². The molecule has 0 aliphatic heterocycles.